The molecule has 1 amide bonds. The molecule has 4 heteroatoms. The largest absolute Gasteiger partial charge is 0.371 e. The number of amides is 1. The lowest BCUT2D eigenvalue weighted by Crippen LogP contribution is -2.42. The minimum absolute atomic E-state index is 0.104. The van der Waals surface area contributed by atoms with E-state index in [4.69, 9.17) is 0 Å². The first-order chi connectivity index (χ1) is 11.1. The van der Waals surface area contributed by atoms with E-state index < -0.39 is 0 Å². The van der Waals surface area contributed by atoms with Crippen LogP contribution in [0.15, 0.2) is 18.2 Å². The Kier molecular flexibility index (Phi) is 5.21. The van der Waals surface area contributed by atoms with E-state index in [0.29, 0.717) is 12.6 Å². The number of carbonyl (C=O) groups excluding carboxylic acids is 1. The second-order valence-corrected chi connectivity index (χ2v) is 7.06. The van der Waals surface area contributed by atoms with E-state index in [2.05, 4.69) is 41.1 Å². The molecule has 1 aromatic carbocycles. The third-order valence-electron chi connectivity index (χ3n) is 5.21. The standard InChI is InChI=1S/C19H29N3O/c1-15-13-17(8-9-18(15)21-10-5-6-11-21)20-19(23)14-22-12-4-3-7-16(22)2/h8-9,13,16H,3-7,10-12,14H2,1-2H3,(H,20,23). The predicted octanol–water partition coefficient (Wildman–Crippen LogP) is 3.41. The maximum absolute atomic E-state index is 12.3. The first-order valence-corrected chi connectivity index (χ1v) is 9.03. The molecule has 0 saturated carbocycles. The van der Waals surface area contributed by atoms with Crippen molar-refractivity contribution in [3.63, 3.8) is 0 Å². The highest BCUT2D eigenvalue weighted by atomic mass is 16.2. The maximum atomic E-state index is 12.3. The van der Waals surface area contributed by atoms with Crippen LogP contribution in [0.25, 0.3) is 0 Å². The van der Waals surface area contributed by atoms with Crippen LogP contribution in [0.3, 0.4) is 0 Å². The van der Waals surface area contributed by atoms with Gasteiger partial charge >= 0.3 is 0 Å². The molecule has 2 fully saturated rings. The van der Waals surface area contributed by atoms with E-state index in [1.165, 1.54) is 43.4 Å². The van der Waals surface area contributed by atoms with Gasteiger partial charge in [-0.1, -0.05) is 6.42 Å². The van der Waals surface area contributed by atoms with Gasteiger partial charge in [0, 0.05) is 30.5 Å². The number of nitrogens with one attached hydrogen (secondary N) is 1. The Labute approximate surface area is 139 Å². The van der Waals surface area contributed by atoms with Crippen LogP contribution in [0.1, 0.15) is 44.6 Å². The molecule has 0 bridgehead atoms. The molecule has 1 aromatic rings. The van der Waals surface area contributed by atoms with Gasteiger partial charge in [0.15, 0.2) is 0 Å². The van der Waals surface area contributed by atoms with E-state index in [-0.39, 0.29) is 5.91 Å². The summed E-state index contributed by atoms with van der Waals surface area (Å²) in [4.78, 5) is 17.1. The summed E-state index contributed by atoms with van der Waals surface area (Å²) in [5.41, 5.74) is 3.47. The molecule has 3 rings (SSSR count). The summed E-state index contributed by atoms with van der Waals surface area (Å²) in [6.45, 7) is 8.21. The topological polar surface area (TPSA) is 35.6 Å². The lowest BCUT2D eigenvalue weighted by atomic mass is 10.0. The molecule has 1 atom stereocenters. The Balaban J connectivity index is 1.58. The third-order valence-corrected chi connectivity index (χ3v) is 5.21. The first-order valence-electron chi connectivity index (χ1n) is 9.03. The molecule has 0 radical (unpaired) electrons. The minimum atomic E-state index is 0.104. The van der Waals surface area contributed by atoms with Gasteiger partial charge in [-0.2, -0.15) is 0 Å². The van der Waals surface area contributed by atoms with Crippen molar-refractivity contribution in [3.05, 3.63) is 23.8 Å². The van der Waals surface area contributed by atoms with E-state index in [1.54, 1.807) is 0 Å². The van der Waals surface area contributed by atoms with Crippen molar-refractivity contribution < 1.29 is 4.79 Å². The number of benzene rings is 1. The van der Waals surface area contributed by atoms with Crippen LogP contribution in [0, 0.1) is 6.92 Å². The molecule has 126 valence electrons. The predicted molar refractivity (Wildman–Crippen MR) is 96.1 cm³/mol. The van der Waals surface area contributed by atoms with Crippen molar-refractivity contribution in [3.8, 4) is 0 Å². The van der Waals surface area contributed by atoms with Crippen LogP contribution >= 0.6 is 0 Å². The lowest BCUT2D eigenvalue weighted by molar-refractivity contribution is -0.118. The number of rotatable bonds is 4. The maximum Gasteiger partial charge on any atom is 0.238 e. The van der Waals surface area contributed by atoms with Crippen LogP contribution in [-0.4, -0.2) is 43.0 Å². The van der Waals surface area contributed by atoms with Crippen LogP contribution in [0.5, 0.6) is 0 Å². The fourth-order valence-corrected chi connectivity index (χ4v) is 3.82. The van der Waals surface area contributed by atoms with E-state index in [0.717, 1.165) is 25.3 Å². The average Bonchev–Trinajstić information content (AvgIpc) is 3.04. The molecule has 4 nitrogen and oxygen atoms in total. The number of nitrogens with zero attached hydrogens (tertiary/aromatic N) is 2. The molecule has 0 aliphatic carbocycles. The molecule has 23 heavy (non-hydrogen) atoms. The highest BCUT2D eigenvalue weighted by Crippen LogP contribution is 2.26. The Morgan fingerprint density at radius 1 is 1.17 bits per heavy atom. The zero-order valence-corrected chi connectivity index (χ0v) is 14.5. The Bertz CT molecular complexity index is 552. The van der Waals surface area contributed by atoms with Gasteiger partial charge in [0.25, 0.3) is 0 Å². The van der Waals surface area contributed by atoms with Gasteiger partial charge < -0.3 is 10.2 Å². The van der Waals surface area contributed by atoms with Crippen molar-refractivity contribution in [1.29, 1.82) is 0 Å². The quantitative estimate of drug-likeness (QED) is 0.925. The highest BCUT2D eigenvalue weighted by molar-refractivity contribution is 5.92. The van der Waals surface area contributed by atoms with Crippen LogP contribution in [0.2, 0.25) is 0 Å². The monoisotopic (exact) mass is 315 g/mol. The SMILES string of the molecule is Cc1cc(NC(=O)CN2CCCCC2C)ccc1N1CCCC1. The second-order valence-electron chi connectivity index (χ2n) is 7.06. The summed E-state index contributed by atoms with van der Waals surface area (Å²) in [7, 11) is 0. The summed E-state index contributed by atoms with van der Waals surface area (Å²) in [6, 6.07) is 6.82. The lowest BCUT2D eigenvalue weighted by Gasteiger charge is -2.32. The van der Waals surface area contributed by atoms with Crippen LogP contribution < -0.4 is 10.2 Å². The van der Waals surface area contributed by atoms with Gasteiger partial charge in [-0.05, 0) is 69.8 Å². The van der Waals surface area contributed by atoms with Crippen molar-refractivity contribution >= 4 is 17.3 Å². The van der Waals surface area contributed by atoms with Crippen molar-refractivity contribution in [2.75, 3.05) is 36.4 Å². The van der Waals surface area contributed by atoms with E-state index in [9.17, 15) is 4.79 Å². The molecule has 1 unspecified atom stereocenters. The smallest absolute Gasteiger partial charge is 0.238 e. The zero-order chi connectivity index (χ0) is 16.2. The Morgan fingerprint density at radius 2 is 1.91 bits per heavy atom. The fraction of sp³-hybridized carbons (Fsp3) is 0.632. The van der Waals surface area contributed by atoms with Gasteiger partial charge in [0.2, 0.25) is 5.91 Å². The number of hydrogen-bond acceptors (Lipinski definition) is 3. The van der Waals surface area contributed by atoms with Gasteiger partial charge in [-0.25, -0.2) is 0 Å². The minimum Gasteiger partial charge on any atom is -0.371 e. The van der Waals surface area contributed by atoms with Crippen LogP contribution in [-0.2, 0) is 4.79 Å². The number of hydrogen-bond donors (Lipinski definition) is 1. The molecule has 2 aliphatic rings. The molecule has 2 heterocycles. The second kappa shape index (κ2) is 7.35. The third kappa shape index (κ3) is 4.05. The van der Waals surface area contributed by atoms with Gasteiger partial charge in [-0.15, -0.1) is 0 Å². The number of anilines is 2. The van der Waals surface area contributed by atoms with Crippen LogP contribution in [0.4, 0.5) is 11.4 Å². The number of likely N-dealkylation sites (tertiary alicyclic amines) is 1. The van der Waals surface area contributed by atoms with Gasteiger partial charge in [0.05, 0.1) is 6.54 Å². The summed E-state index contributed by atoms with van der Waals surface area (Å²) in [6.07, 6.45) is 6.27. The molecule has 1 N–H and O–H groups in total. The Hall–Kier alpha value is -1.55. The molecular weight excluding hydrogens is 286 g/mol. The molecule has 2 aliphatic heterocycles. The zero-order valence-electron chi connectivity index (χ0n) is 14.5. The number of aryl methyl sites for hydroxylation is 1. The van der Waals surface area contributed by atoms with Gasteiger partial charge in [0.1, 0.15) is 0 Å². The van der Waals surface area contributed by atoms with E-state index in [1.807, 2.05) is 6.07 Å². The number of piperidine rings is 1. The van der Waals surface area contributed by atoms with Crippen molar-refractivity contribution in [2.24, 2.45) is 0 Å². The Morgan fingerprint density at radius 3 is 2.61 bits per heavy atom. The van der Waals surface area contributed by atoms with E-state index >= 15 is 0 Å². The van der Waals surface area contributed by atoms with Crippen molar-refractivity contribution in [1.82, 2.24) is 4.90 Å². The summed E-state index contributed by atoms with van der Waals surface area (Å²) < 4.78 is 0. The normalized spacial score (nSPS) is 22.3. The first kappa shape index (κ1) is 16.3. The fourth-order valence-electron chi connectivity index (χ4n) is 3.82. The highest BCUT2D eigenvalue weighted by Gasteiger charge is 2.20. The average molecular weight is 315 g/mol. The molecule has 0 spiro atoms. The molecule has 2 saturated heterocycles. The molecular formula is C19H29N3O. The van der Waals surface area contributed by atoms with Crippen molar-refractivity contribution in [2.45, 2.75) is 52.0 Å². The molecule has 0 aromatic heterocycles. The number of carbonyl (C=O) groups is 1. The van der Waals surface area contributed by atoms with Gasteiger partial charge in [-0.3, -0.25) is 9.69 Å². The summed E-state index contributed by atoms with van der Waals surface area (Å²) >= 11 is 0. The summed E-state index contributed by atoms with van der Waals surface area (Å²) in [5, 5.41) is 3.07. The summed E-state index contributed by atoms with van der Waals surface area (Å²) in [5.74, 6) is 0.104.